The van der Waals surface area contributed by atoms with Crippen LogP contribution >= 0.6 is 0 Å². The lowest BCUT2D eigenvalue weighted by Crippen LogP contribution is -2.58. The fourth-order valence-electron chi connectivity index (χ4n) is 4.03. The molecule has 0 saturated carbocycles. The van der Waals surface area contributed by atoms with Crippen LogP contribution in [0.2, 0.25) is 0 Å². The number of phenols is 1. The lowest BCUT2D eigenvalue weighted by Gasteiger charge is -2.32. The van der Waals surface area contributed by atoms with E-state index in [1.807, 2.05) is 0 Å². The molecule has 4 atom stereocenters. The van der Waals surface area contributed by atoms with E-state index in [4.69, 9.17) is 5.73 Å². The molecule has 2 rings (SSSR count). The molecule has 0 radical (unpaired) electrons. The lowest BCUT2D eigenvalue weighted by atomic mass is 10.0. The predicted octanol–water partition coefficient (Wildman–Crippen LogP) is 1.26. The van der Waals surface area contributed by atoms with Crippen molar-refractivity contribution in [3.63, 3.8) is 0 Å². The molecule has 0 aromatic heterocycles. The number of aliphatic carboxylic acids is 2. The first-order chi connectivity index (χ1) is 18.8. The van der Waals surface area contributed by atoms with E-state index in [-0.39, 0.29) is 30.2 Å². The number of carbonyl (C=O) groups is 5. The van der Waals surface area contributed by atoms with Crippen LogP contribution in [0.3, 0.4) is 0 Å². The van der Waals surface area contributed by atoms with Gasteiger partial charge in [0.2, 0.25) is 11.8 Å². The van der Waals surface area contributed by atoms with Gasteiger partial charge < -0.3 is 31.7 Å². The first-order valence-corrected chi connectivity index (χ1v) is 12.8. The van der Waals surface area contributed by atoms with E-state index in [9.17, 15) is 39.3 Å². The minimum Gasteiger partial charge on any atom is -0.508 e. The number of carbonyl (C=O) groups excluding carboxylic acids is 3. The first kappa shape index (κ1) is 31.8. The standard InChI is InChI=1S/C28H36N4O8/c1-16(2)13-23(28(39)40)31-25(36)17(3)32(19-7-5-4-6-8-19)27(38)22(15-24(34)35)30-26(37)21(29)14-18-9-11-20(33)12-10-18/h4-12,16-17,21-23,33H,13-15,29H2,1-3H3,(H,30,37)(H,31,36)(H,34,35)(H,39,40). The molecule has 0 aliphatic rings. The number of nitrogens with zero attached hydrogens (tertiary/aromatic N) is 1. The van der Waals surface area contributed by atoms with Gasteiger partial charge in [-0.1, -0.05) is 44.2 Å². The van der Waals surface area contributed by atoms with Crippen molar-refractivity contribution in [3.05, 3.63) is 60.2 Å². The normalized spacial score (nSPS) is 13.9. The van der Waals surface area contributed by atoms with Gasteiger partial charge in [0.1, 0.15) is 23.9 Å². The van der Waals surface area contributed by atoms with E-state index in [0.717, 1.165) is 4.90 Å². The highest BCUT2D eigenvalue weighted by Gasteiger charge is 2.36. The van der Waals surface area contributed by atoms with Crippen molar-refractivity contribution in [3.8, 4) is 5.75 Å². The third-order valence-corrected chi connectivity index (χ3v) is 6.08. The highest BCUT2D eigenvalue weighted by atomic mass is 16.4. The Morgan fingerprint density at radius 3 is 1.95 bits per heavy atom. The van der Waals surface area contributed by atoms with Crippen LogP contribution in [-0.2, 0) is 30.4 Å². The highest BCUT2D eigenvalue weighted by molar-refractivity contribution is 6.06. The van der Waals surface area contributed by atoms with Crippen molar-refractivity contribution in [1.82, 2.24) is 10.6 Å². The summed E-state index contributed by atoms with van der Waals surface area (Å²) in [6, 6.07) is 8.76. The summed E-state index contributed by atoms with van der Waals surface area (Å²) in [6.07, 6.45) is -0.587. The molecule has 7 N–H and O–H groups in total. The Morgan fingerprint density at radius 1 is 0.850 bits per heavy atom. The SMILES string of the molecule is CC(C)CC(NC(=O)C(C)N(C(=O)C(CC(=O)O)NC(=O)C(N)Cc1ccc(O)cc1)c1ccccc1)C(=O)O. The van der Waals surface area contributed by atoms with Crippen LogP contribution in [-0.4, -0.2) is 69.1 Å². The topological polar surface area (TPSA) is 199 Å². The van der Waals surface area contributed by atoms with Gasteiger partial charge in [0.25, 0.3) is 5.91 Å². The summed E-state index contributed by atoms with van der Waals surface area (Å²) >= 11 is 0. The summed E-state index contributed by atoms with van der Waals surface area (Å²) in [5.74, 6) is -5.06. The Kier molecular flexibility index (Phi) is 11.6. The maximum absolute atomic E-state index is 13.8. The highest BCUT2D eigenvalue weighted by Crippen LogP contribution is 2.20. The largest absolute Gasteiger partial charge is 0.508 e. The van der Waals surface area contributed by atoms with Gasteiger partial charge in [0, 0.05) is 5.69 Å². The van der Waals surface area contributed by atoms with E-state index < -0.39 is 60.2 Å². The van der Waals surface area contributed by atoms with Gasteiger partial charge >= 0.3 is 11.9 Å². The third-order valence-electron chi connectivity index (χ3n) is 6.08. The van der Waals surface area contributed by atoms with Crippen molar-refractivity contribution >= 4 is 35.3 Å². The second-order valence-corrected chi connectivity index (χ2v) is 9.88. The number of nitrogens with one attached hydrogen (secondary N) is 2. The number of carboxylic acid groups (broad SMARTS) is 2. The van der Waals surface area contributed by atoms with E-state index >= 15 is 0 Å². The predicted molar refractivity (Wildman–Crippen MR) is 146 cm³/mol. The van der Waals surface area contributed by atoms with Gasteiger partial charge in [-0.05, 0) is 55.5 Å². The molecule has 0 aliphatic heterocycles. The van der Waals surface area contributed by atoms with Crippen molar-refractivity contribution in [2.24, 2.45) is 11.7 Å². The van der Waals surface area contributed by atoms with Crippen LogP contribution in [0.4, 0.5) is 5.69 Å². The smallest absolute Gasteiger partial charge is 0.326 e. The van der Waals surface area contributed by atoms with Gasteiger partial charge in [-0.15, -0.1) is 0 Å². The lowest BCUT2D eigenvalue weighted by molar-refractivity contribution is -0.143. The number of phenolic OH excluding ortho intramolecular Hbond substituents is 1. The van der Waals surface area contributed by atoms with Crippen molar-refractivity contribution in [2.45, 2.75) is 64.2 Å². The number of hydrogen-bond donors (Lipinski definition) is 6. The maximum atomic E-state index is 13.8. The number of anilines is 1. The molecule has 216 valence electrons. The van der Waals surface area contributed by atoms with Crippen molar-refractivity contribution < 1.29 is 39.3 Å². The zero-order chi connectivity index (χ0) is 30.0. The number of carboxylic acids is 2. The number of aromatic hydroxyl groups is 1. The molecule has 2 aromatic carbocycles. The van der Waals surface area contributed by atoms with Gasteiger partial charge in [-0.2, -0.15) is 0 Å². The molecule has 12 heteroatoms. The molecule has 4 unspecified atom stereocenters. The average molecular weight is 557 g/mol. The molecule has 3 amide bonds. The third kappa shape index (κ3) is 9.38. The summed E-state index contributed by atoms with van der Waals surface area (Å²) < 4.78 is 0. The van der Waals surface area contributed by atoms with Gasteiger partial charge in [0.15, 0.2) is 0 Å². The number of rotatable bonds is 14. The Balaban J connectivity index is 2.33. The number of benzene rings is 2. The molecule has 0 aliphatic carbocycles. The fraction of sp³-hybridized carbons (Fsp3) is 0.393. The molecular formula is C28H36N4O8. The molecule has 0 fully saturated rings. The molecule has 0 bridgehead atoms. The zero-order valence-electron chi connectivity index (χ0n) is 22.6. The summed E-state index contributed by atoms with van der Waals surface area (Å²) in [5.41, 5.74) is 6.89. The molecule has 0 spiro atoms. The second-order valence-electron chi connectivity index (χ2n) is 9.88. The quantitative estimate of drug-likeness (QED) is 0.198. The molecular weight excluding hydrogens is 520 g/mol. The number of amides is 3. The van der Waals surface area contributed by atoms with E-state index in [2.05, 4.69) is 10.6 Å². The molecule has 12 nitrogen and oxygen atoms in total. The zero-order valence-corrected chi connectivity index (χ0v) is 22.6. The first-order valence-electron chi connectivity index (χ1n) is 12.8. The summed E-state index contributed by atoms with van der Waals surface area (Å²) in [7, 11) is 0. The van der Waals surface area contributed by atoms with Crippen molar-refractivity contribution in [1.29, 1.82) is 0 Å². The Hall–Kier alpha value is -4.45. The molecule has 2 aromatic rings. The van der Waals surface area contributed by atoms with E-state index in [0.29, 0.717) is 5.56 Å². The van der Waals surface area contributed by atoms with Crippen molar-refractivity contribution in [2.75, 3.05) is 4.90 Å². The monoisotopic (exact) mass is 556 g/mol. The van der Waals surface area contributed by atoms with Gasteiger partial charge in [-0.25, -0.2) is 4.79 Å². The minimum absolute atomic E-state index is 0.0342. The molecule has 0 saturated heterocycles. The summed E-state index contributed by atoms with van der Waals surface area (Å²) in [5, 5.41) is 33.3. The molecule has 0 heterocycles. The maximum Gasteiger partial charge on any atom is 0.326 e. The minimum atomic E-state index is -1.59. The van der Waals surface area contributed by atoms with Crippen LogP contribution in [0.1, 0.15) is 39.2 Å². The summed E-state index contributed by atoms with van der Waals surface area (Å²) in [4.78, 5) is 64.2. The van der Waals surface area contributed by atoms with Crippen LogP contribution in [0, 0.1) is 5.92 Å². The van der Waals surface area contributed by atoms with E-state index in [1.54, 1.807) is 44.2 Å². The average Bonchev–Trinajstić information content (AvgIpc) is 2.89. The molecule has 40 heavy (non-hydrogen) atoms. The number of hydrogen-bond acceptors (Lipinski definition) is 7. The van der Waals surface area contributed by atoms with Gasteiger partial charge in [-0.3, -0.25) is 24.1 Å². The van der Waals surface area contributed by atoms with Crippen LogP contribution in [0.5, 0.6) is 5.75 Å². The van der Waals surface area contributed by atoms with Gasteiger partial charge in [0.05, 0.1) is 12.5 Å². The summed E-state index contributed by atoms with van der Waals surface area (Å²) in [6.45, 7) is 4.98. The Morgan fingerprint density at radius 2 is 1.43 bits per heavy atom. The number of para-hydroxylation sites is 1. The Bertz CT molecular complexity index is 1190. The van der Waals surface area contributed by atoms with Crippen LogP contribution in [0.15, 0.2) is 54.6 Å². The van der Waals surface area contributed by atoms with E-state index in [1.165, 1.54) is 31.2 Å². The fourth-order valence-corrected chi connectivity index (χ4v) is 4.03. The van der Waals surface area contributed by atoms with Crippen LogP contribution < -0.4 is 21.3 Å². The second kappa shape index (κ2) is 14.6. The van der Waals surface area contributed by atoms with Crippen LogP contribution in [0.25, 0.3) is 0 Å². The Labute approximate surface area is 232 Å². The number of nitrogens with two attached hydrogens (primary N) is 1.